The smallest absolute Gasteiger partial charge is 0.239 e. The number of oxime groups is 1. The molecular formula is C54H80N2O10. The van der Waals surface area contributed by atoms with Crippen molar-refractivity contribution >= 4 is 17.9 Å². The highest BCUT2D eigenvalue weighted by Crippen LogP contribution is 2.62. The molecule has 0 saturated heterocycles. The molecule has 66 heavy (non-hydrogen) atoms. The molecule has 6 atom stereocenters. The molecule has 2 aromatic carbocycles. The monoisotopic (exact) mass is 917 g/mol. The van der Waals surface area contributed by atoms with Crippen molar-refractivity contribution in [1.82, 2.24) is 4.90 Å². The lowest BCUT2D eigenvalue weighted by atomic mass is 9.55. The molecular weight excluding hydrogens is 837 g/mol. The number of aliphatic hydroxyl groups excluding tert-OH is 3. The average Bonchev–Trinajstić information content (AvgIpc) is 3.30. The van der Waals surface area contributed by atoms with Crippen molar-refractivity contribution in [2.24, 2.45) is 22.9 Å². The van der Waals surface area contributed by atoms with Crippen LogP contribution in [-0.2, 0) is 19.1 Å². The van der Waals surface area contributed by atoms with Gasteiger partial charge in [0.1, 0.15) is 35.2 Å². The summed E-state index contributed by atoms with van der Waals surface area (Å²) in [6, 6.07) is 12.2. The molecule has 5 rings (SSSR count). The molecule has 1 fully saturated rings. The van der Waals surface area contributed by atoms with E-state index >= 15 is 0 Å². The van der Waals surface area contributed by atoms with E-state index in [0.717, 1.165) is 74.5 Å². The summed E-state index contributed by atoms with van der Waals surface area (Å²) in [7, 11) is 0. The highest BCUT2D eigenvalue weighted by molar-refractivity contribution is 6.03. The van der Waals surface area contributed by atoms with E-state index in [1.807, 2.05) is 49.9 Å². The molecule has 12 heteroatoms. The zero-order chi connectivity index (χ0) is 47.4. The highest BCUT2D eigenvalue weighted by Gasteiger charge is 2.65. The van der Waals surface area contributed by atoms with Gasteiger partial charge in [0.25, 0.3) is 0 Å². The summed E-state index contributed by atoms with van der Waals surface area (Å²) in [6.07, 6.45) is 20.2. The van der Waals surface area contributed by atoms with Crippen LogP contribution in [0, 0.1) is 17.8 Å². The summed E-state index contributed by atoms with van der Waals surface area (Å²) in [5, 5.41) is 34.6. The van der Waals surface area contributed by atoms with Gasteiger partial charge in [-0.3, -0.25) is 9.59 Å². The third kappa shape index (κ3) is 14.5. The minimum Gasteiger partial charge on any atom is -0.459 e. The minimum absolute atomic E-state index is 0.0231. The van der Waals surface area contributed by atoms with Crippen LogP contribution in [0.15, 0.2) is 71.9 Å². The number of amides is 1. The Hall–Kier alpha value is -4.07. The SMILES string of the molecule is C=CCO[C@@]12Oc3ccc(Oc4cccc(C=O)c4)cc3[C@H]3[C@H](CCCCO)[C@@H](CCCCO)C=C(C(=NOC(C)(C)C)C[C@@H]1N(CCOCCO)C(=O)CCCCCCCCCCC)[C@H]32. The van der Waals surface area contributed by atoms with Gasteiger partial charge in [-0.05, 0) is 101 Å². The summed E-state index contributed by atoms with van der Waals surface area (Å²) < 4.78 is 26.9. The first-order valence-corrected chi connectivity index (χ1v) is 25.0. The van der Waals surface area contributed by atoms with Crippen LogP contribution < -0.4 is 9.47 Å². The van der Waals surface area contributed by atoms with Gasteiger partial charge >= 0.3 is 0 Å². The number of ether oxygens (including phenoxy) is 4. The minimum atomic E-state index is -1.41. The molecule has 1 saturated carbocycles. The number of allylic oxidation sites excluding steroid dienone is 1. The standard InChI is InChI=1S/C54H80N2O10/c1-6-8-9-10-11-12-13-14-15-25-50(61)56(28-33-62-34-31-59)49-38-47(55-66-53(3,4)5)45-36-41(22-16-18-29-57)44(24-17-19-30-58)51-46-37-43(64-42-23-20-21-40(35-42)39-60)26-27-48(46)65-54(49,52(45)51)63-32-7-2/h7,20-21,23,26-27,35-37,39,41,44,49,51-52,57-59H,2,6,8-19,22,24-25,28-34,38H2,1,3-5H3/t41-,44+,49-,51+,52+,54+/m0/s1. The van der Waals surface area contributed by atoms with E-state index in [-0.39, 0.29) is 76.3 Å². The maximum absolute atomic E-state index is 14.9. The number of carbonyl (C=O) groups is 2. The van der Waals surface area contributed by atoms with Gasteiger partial charge in [0.05, 0.1) is 38.1 Å². The Balaban J connectivity index is 1.68. The number of aldehydes is 1. The lowest BCUT2D eigenvalue weighted by Gasteiger charge is -2.60. The largest absolute Gasteiger partial charge is 0.459 e. The zero-order valence-corrected chi connectivity index (χ0v) is 40.4. The lowest BCUT2D eigenvalue weighted by Crippen LogP contribution is -2.70. The van der Waals surface area contributed by atoms with E-state index in [2.05, 4.69) is 19.6 Å². The molecule has 1 amide bonds. The predicted octanol–water partition coefficient (Wildman–Crippen LogP) is 10.5. The number of benzene rings is 2. The topological polar surface area (TPSA) is 157 Å². The number of hydrogen-bond acceptors (Lipinski definition) is 11. The van der Waals surface area contributed by atoms with E-state index in [1.165, 1.54) is 32.1 Å². The Labute approximate surface area is 394 Å². The van der Waals surface area contributed by atoms with Crippen molar-refractivity contribution in [3.8, 4) is 17.2 Å². The van der Waals surface area contributed by atoms with Gasteiger partial charge in [0.2, 0.25) is 11.7 Å². The zero-order valence-electron chi connectivity index (χ0n) is 40.4. The molecule has 3 N–H and O–H groups in total. The van der Waals surface area contributed by atoms with Crippen LogP contribution in [0.4, 0.5) is 0 Å². The maximum atomic E-state index is 14.9. The number of rotatable bonds is 31. The van der Waals surface area contributed by atoms with Crippen molar-refractivity contribution in [2.45, 2.75) is 160 Å². The van der Waals surface area contributed by atoms with Gasteiger partial charge in [-0.1, -0.05) is 101 Å². The molecule has 2 aromatic rings. The lowest BCUT2D eigenvalue weighted by molar-refractivity contribution is -0.258. The Morgan fingerprint density at radius 3 is 2.29 bits per heavy atom. The van der Waals surface area contributed by atoms with Crippen molar-refractivity contribution in [1.29, 1.82) is 0 Å². The van der Waals surface area contributed by atoms with Crippen LogP contribution in [0.1, 0.15) is 159 Å². The van der Waals surface area contributed by atoms with Crippen molar-refractivity contribution in [3.63, 3.8) is 0 Å². The summed E-state index contributed by atoms with van der Waals surface area (Å²) in [4.78, 5) is 34.8. The van der Waals surface area contributed by atoms with Crippen molar-refractivity contribution in [3.05, 3.63) is 77.9 Å². The number of unbranched alkanes of at least 4 members (excludes halogenated alkanes) is 10. The third-order valence-electron chi connectivity index (χ3n) is 13.2. The predicted molar refractivity (Wildman–Crippen MR) is 259 cm³/mol. The van der Waals surface area contributed by atoms with Crippen molar-refractivity contribution in [2.75, 3.05) is 46.2 Å². The first-order valence-electron chi connectivity index (χ1n) is 25.0. The molecule has 0 aromatic heterocycles. The van der Waals surface area contributed by atoms with E-state index < -0.39 is 23.3 Å². The summed E-state index contributed by atoms with van der Waals surface area (Å²) in [5.41, 5.74) is 2.52. The number of fused-ring (bicyclic) bond motifs is 2. The molecule has 0 unspecified atom stereocenters. The fraction of sp³-hybridized carbons (Fsp3) is 0.648. The van der Waals surface area contributed by atoms with Crippen LogP contribution in [0.2, 0.25) is 0 Å². The molecule has 0 spiro atoms. The van der Waals surface area contributed by atoms with Crippen LogP contribution in [0.5, 0.6) is 17.2 Å². The second-order valence-electron chi connectivity index (χ2n) is 19.3. The quantitative estimate of drug-likeness (QED) is 0.0288. The molecule has 0 radical (unpaired) electrons. The van der Waals surface area contributed by atoms with Crippen LogP contribution >= 0.6 is 0 Å². The number of hydrogen-bond donors (Lipinski definition) is 3. The van der Waals surface area contributed by atoms with Gasteiger partial charge in [0, 0.05) is 49.6 Å². The molecule has 12 nitrogen and oxygen atoms in total. The fourth-order valence-electron chi connectivity index (χ4n) is 10.2. The second-order valence-corrected chi connectivity index (χ2v) is 19.3. The van der Waals surface area contributed by atoms with E-state index in [4.69, 9.17) is 28.9 Å². The fourth-order valence-corrected chi connectivity index (χ4v) is 10.2. The molecule has 1 heterocycles. The molecule has 1 aliphatic heterocycles. The van der Waals surface area contributed by atoms with Crippen molar-refractivity contribution < 1.29 is 48.7 Å². The molecule has 366 valence electrons. The normalized spacial score (nSPS) is 22.7. The Morgan fingerprint density at radius 2 is 1.61 bits per heavy atom. The Kier molecular flexibility index (Phi) is 21.7. The van der Waals surface area contributed by atoms with Gasteiger partial charge in [-0.15, -0.1) is 6.58 Å². The van der Waals surface area contributed by atoms with Gasteiger partial charge < -0.3 is 44.0 Å². The van der Waals surface area contributed by atoms with E-state index in [9.17, 15) is 24.9 Å². The van der Waals surface area contributed by atoms with Crippen LogP contribution in [-0.4, -0.2) is 102 Å². The Bertz CT molecular complexity index is 1870. The first-order chi connectivity index (χ1) is 32.0. The second kappa shape index (κ2) is 27.1. The molecule has 3 aliphatic rings. The van der Waals surface area contributed by atoms with E-state index in [0.29, 0.717) is 42.1 Å². The summed E-state index contributed by atoms with van der Waals surface area (Å²) in [5.74, 6) is -0.306. The number of nitrogens with zero attached hydrogens (tertiary/aromatic N) is 2. The molecule has 2 aliphatic carbocycles. The molecule has 0 bridgehead atoms. The van der Waals surface area contributed by atoms with Gasteiger partial charge in [-0.25, -0.2) is 0 Å². The van der Waals surface area contributed by atoms with Gasteiger partial charge in [-0.2, -0.15) is 0 Å². The third-order valence-corrected chi connectivity index (χ3v) is 13.2. The van der Waals surface area contributed by atoms with Crippen LogP contribution in [0.25, 0.3) is 0 Å². The maximum Gasteiger partial charge on any atom is 0.239 e. The number of aliphatic hydroxyl groups is 3. The van der Waals surface area contributed by atoms with Crippen LogP contribution in [0.3, 0.4) is 0 Å². The first kappa shape index (κ1) is 52.9. The Morgan fingerprint density at radius 1 is 0.894 bits per heavy atom. The summed E-state index contributed by atoms with van der Waals surface area (Å²) >= 11 is 0. The van der Waals surface area contributed by atoms with E-state index in [1.54, 1.807) is 24.3 Å². The highest BCUT2D eigenvalue weighted by atomic mass is 16.7. The average molecular weight is 917 g/mol. The van der Waals surface area contributed by atoms with Gasteiger partial charge in [0.15, 0.2) is 0 Å². The number of carbonyl (C=O) groups excluding carboxylic acids is 2. The summed E-state index contributed by atoms with van der Waals surface area (Å²) in [6.45, 7) is 13.0.